The molecule has 0 saturated carbocycles. The lowest BCUT2D eigenvalue weighted by Crippen LogP contribution is -2.21. The molecule has 4 rings (SSSR count). The van der Waals surface area contributed by atoms with Crippen LogP contribution in [-0.2, 0) is 10.0 Å². The third kappa shape index (κ3) is 5.31. The zero-order valence-electron chi connectivity index (χ0n) is 16.9. The first-order valence-corrected chi connectivity index (χ1v) is 11.8. The van der Waals surface area contributed by atoms with Gasteiger partial charge >= 0.3 is 0 Å². The van der Waals surface area contributed by atoms with Crippen LogP contribution in [-0.4, -0.2) is 23.2 Å². The summed E-state index contributed by atoms with van der Waals surface area (Å²) in [5.74, 6) is 0. The highest BCUT2D eigenvalue weighted by Gasteiger charge is 2.15. The van der Waals surface area contributed by atoms with Gasteiger partial charge in [-0.05, 0) is 60.2 Å². The fraction of sp³-hybridized carbons (Fsp3) is 0. The molecule has 2 heterocycles. The van der Waals surface area contributed by atoms with Crippen LogP contribution in [0.3, 0.4) is 0 Å². The summed E-state index contributed by atoms with van der Waals surface area (Å²) in [5, 5.41) is 3.80. The van der Waals surface area contributed by atoms with E-state index in [4.69, 9.17) is 23.2 Å². The Morgan fingerprint density at radius 2 is 1.73 bits per heavy atom. The van der Waals surface area contributed by atoms with E-state index in [1.807, 2.05) is 36.4 Å². The predicted octanol–water partition coefficient (Wildman–Crippen LogP) is 4.91. The standard InChI is InChI=1S/C23H16Cl2N4O3S/c24-21-15-27-29(23(30)22(21)25)19-9-11-20(12-10-19)33(31,32)28-18-6-3-4-16(14-18)7-8-17-5-1-2-13-26-17/h1-15,28H/b8-7+. The topological polar surface area (TPSA) is 94.0 Å². The molecule has 0 fully saturated rings. The van der Waals surface area contributed by atoms with E-state index in [-0.39, 0.29) is 14.9 Å². The summed E-state index contributed by atoms with van der Waals surface area (Å²) in [6.45, 7) is 0. The molecule has 0 aliphatic heterocycles. The van der Waals surface area contributed by atoms with Gasteiger partial charge in [-0.2, -0.15) is 9.78 Å². The maximum atomic E-state index is 12.8. The first-order chi connectivity index (χ1) is 15.8. The monoisotopic (exact) mass is 498 g/mol. The Bertz CT molecular complexity index is 1490. The first-order valence-electron chi connectivity index (χ1n) is 9.59. The second kappa shape index (κ2) is 9.58. The van der Waals surface area contributed by atoms with Gasteiger partial charge in [0, 0.05) is 11.9 Å². The summed E-state index contributed by atoms with van der Waals surface area (Å²) < 4.78 is 29.3. The molecule has 0 saturated heterocycles. The van der Waals surface area contributed by atoms with Crippen molar-refractivity contribution in [2.24, 2.45) is 0 Å². The largest absolute Gasteiger partial charge is 0.291 e. The molecular formula is C23H16Cl2N4O3S. The Labute approximate surface area is 200 Å². The Morgan fingerprint density at radius 1 is 0.939 bits per heavy atom. The molecule has 10 heteroatoms. The van der Waals surface area contributed by atoms with Crippen molar-refractivity contribution in [1.82, 2.24) is 14.8 Å². The normalized spacial score (nSPS) is 11.6. The molecule has 166 valence electrons. The van der Waals surface area contributed by atoms with E-state index >= 15 is 0 Å². The minimum Gasteiger partial charge on any atom is -0.280 e. The zero-order chi connectivity index (χ0) is 23.4. The van der Waals surface area contributed by atoms with Crippen LogP contribution in [0.5, 0.6) is 0 Å². The van der Waals surface area contributed by atoms with Gasteiger partial charge < -0.3 is 0 Å². The number of nitrogens with one attached hydrogen (secondary N) is 1. The predicted molar refractivity (Wildman–Crippen MR) is 130 cm³/mol. The number of pyridine rings is 1. The van der Waals surface area contributed by atoms with E-state index in [1.54, 1.807) is 24.4 Å². The van der Waals surface area contributed by atoms with Crippen LogP contribution in [0.25, 0.3) is 17.8 Å². The molecule has 0 radical (unpaired) electrons. The number of hydrogen-bond acceptors (Lipinski definition) is 5. The summed E-state index contributed by atoms with van der Waals surface area (Å²) in [6.07, 6.45) is 6.62. The average Bonchev–Trinajstić information content (AvgIpc) is 2.82. The molecule has 0 aliphatic rings. The van der Waals surface area contributed by atoms with Gasteiger partial charge in [0.15, 0.2) is 0 Å². The molecule has 0 unspecified atom stereocenters. The van der Waals surface area contributed by atoms with Gasteiger partial charge in [0.2, 0.25) is 0 Å². The number of aromatic nitrogens is 3. The van der Waals surface area contributed by atoms with E-state index in [2.05, 4.69) is 14.8 Å². The van der Waals surface area contributed by atoms with E-state index in [1.165, 1.54) is 30.5 Å². The van der Waals surface area contributed by atoms with Gasteiger partial charge in [-0.1, -0.05) is 47.5 Å². The van der Waals surface area contributed by atoms with Crippen LogP contribution >= 0.6 is 23.2 Å². The van der Waals surface area contributed by atoms with Crippen molar-refractivity contribution in [3.63, 3.8) is 0 Å². The third-order valence-electron chi connectivity index (χ3n) is 4.54. The van der Waals surface area contributed by atoms with Crippen molar-refractivity contribution in [1.29, 1.82) is 0 Å². The number of nitrogens with zero attached hydrogens (tertiary/aromatic N) is 3. The summed E-state index contributed by atoms with van der Waals surface area (Å²) >= 11 is 11.7. The SMILES string of the molecule is O=c1c(Cl)c(Cl)cnn1-c1ccc(S(=O)(=O)Nc2cccc(/C=C/c3ccccn3)c2)cc1. The Balaban J connectivity index is 1.54. The zero-order valence-corrected chi connectivity index (χ0v) is 19.2. The third-order valence-corrected chi connectivity index (χ3v) is 6.69. The van der Waals surface area contributed by atoms with Crippen LogP contribution in [0.15, 0.2) is 88.8 Å². The van der Waals surface area contributed by atoms with Crippen molar-refractivity contribution in [2.75, 3.05) is 4.72 Å². The molecular weight excluding hydrogens is 483 g/mol. The number of rotatable bonds is 6. The number of anilines is 1. The lowest BCUT2D eigenvalue weighted by atomic mass is 10.2. The van der Waals surface area contributed by atoms with Crippen LogP contribution in [0.1, 0.15) is 11.3 Å². The lowest BCUT2D eigenvalue weighted by Gasteiger charge is -2.10. The number of halogens is 2. The van der Waals surface area contributed by atoms with E-state index in [0.29, 0.717) is 11.4 Å². The van der Waals surface area contributed by atoms with E-state index in [0.717, 1.165) is 15.9 Å². The van der Waals surface area contributed by atoms with Crippen LogP contribution in [0, 0.1) is 0 Å². The summed E-state index contributed by atoms with van der Waals surface area (Å²) in [5.41, 5.74) is 1.75. The van der Waals surface area contributed by atoms with Gasteiger partial charge in [-0.25, -0.2) is 8.42 Å². The minimum atomic E-state index is -3.86. The van der Waals surface area contributed by atoms with E-state index in [9.17, 15) is 13.2 Å². The first kappa shape index (κ1) is 22.7. The fourth-order valence-corrected chi connectivity index (χ4v) is 4.24. The molecule has 0 bridgehead atoms. The molecule has 7 nitrogen and oxygen atoms in total. The number of benzene rings is 2. The summed E-state index contributed by atoms with van der Waals surface area (Å²) in [7, 11) is -3.86. The van der Waals surface area contributed by atoms with Crippen LogP contribution in [0.4, 0.5) is 5.69 Å². The summed E-state index contributed by atoms with van der Waals surface area (Å²) in [4.78, 5) is 16.5. The Morgan fingerprint density at radius 3 is 2.45 bits per heavy atom. The highest BCUT2D eigenvalue weighted by atomic mass is 35.5. The highest BCUT2D eigenvalue weighted by molar-refractivity contribution is 7.92. The van der Waals surface area contributed by atoms with Crippen LogP contribution < -0.4 is 10.3 Å². The Kier molecular flexibility index (Phi) is 6.60. The highest BCUT2D eigenvalue weighted by Crippen LogP contribution is 2.20. The number of hydrogen-bond donors (Lipinski definition) is 1. The molecule has 0 aliphatic carbocycles. The maximum Gasteiger partial charge on any atom is 0.291 e. The minimum absolute atomic E-state index is 0.0220. The molecule has 2 aromatic carbocycles. The fourth-order valence-electron chi connectivity index (χ4n) is 2.94. The lowest BCUT2D eigenvalue weighted by molar-refractivity contribution is 0.601. The molecule has 2 aromatic heterocycles. The second-order valence-corrected chi connectivity index (χ2v) is 9.30. The second-order valence-electron chi connectivity index (χ2n) is 6.84. The van der Waals surface area contributed by atoms with Gasteiger partial charge in [-0.15, -0.1) is 0 Å². The van der Waals surface area contributed by atoms with Gasteiger partial charge in [-0.3, -0.25) is 14.5 Å². The van der Waals surface area contributed by atoms with Crippen molar-refractivity contribution in [2.45, 2.75) is 4.90 Å². The van der Waals surface area contributed by atoms with Gasteiger partial charge in [0.25, 0.3) is 15.6 Å². The molecule has 0 atom stereocenters. The summed E-state index contributed by atoms with van der Waals surface area (Å²) in [6, 6.07) is 18.2. The molecule has 0 spiro atoms. The van der Waals surface area contributed by atoms with Gasteiger partial charge in [0.05, 0.1) is 27.5 Å². The maximum absolute atomic E-state index is 12.8. The van der Waals surface area contributed by atoms with Crippen molar-refractivity contribution in [3.05, 3.63) is 111 Å². The van der Waals surface area contributed by atoms with Crippen molar-refractivity contribution in [3.8, 4) is 5.69 Å². The van der Waals surface area contributed by atoms with Crippen molar-refractivity contribution >= 4 is 51.1 Å². The van der Waals surface area contributed by atoms with Crippen LogP contribution in [0.2, 0.25) is 10.0 Å². The smallest absolute Gasteiger partial charge is 0.280 e. The molecule has 1 N–H and O–H groups in total. The molecule has 4 aromatic rings. The number of sulfonamides is 1. The Hall–Kier alpha value is -3.46. The molecule has 33 heavy (non-hydrogen) atoms. The average molecular weight is 499 g/mol. The molecule has 0 amide bonds. The van der Waals surface area contributed by atoms with E-state index < -0.39 is 15.6 Å². The van der Waals surface area contributed by atoms with Gasteiger partial charge in [0.1, 0.15) is 5.02 Å². The van der Waals surface area contributed by atoms with Crippen molar-refractivity contribution < 1.29 is 8.42 Å². The quantitative estimate of drug-likeness (QED) is 0.407.